The summed E-state index contributed by atoms with van der Waals surface area (Å²) in [6.45, 7) is 10.9. The Kier molecular flexibility index (Phi) is 9.35. The highest BCUT2D eigenvalue weighted by Crippen LogP contribution is 2.91. The van der Waals surface area contributed by atoms with Crippen LogP contribution in [0.15, 0.2) is 133 Å². The van der Waals surface area contributed by atoms with Crippen LogP contribution < -0.4 is 20.9 Å². The predicted molar refractivity (Wildman–Crippen MR) is 306 cm³/mol. The number of hydrogen-bond acceptors (Lipinski definition) is 6. The summed E-state index contributed by atoms with van der Waals surface area (Å²) in [4.78, 5) is 0. The van der Waals surface area contributed by atoms with Gasteiger partial charge >= 0.3 is 0 Å². The first-order chi connectivity index (χ1) is 36.9. The zero-order chi connectivity index (χ0) is 52.3. The minimum absolute atomic E-state index is 0.0224. The lowest BCUT2D eigenvalue weighted by Gasteiger charge is -2.84. The van der Waals surface area contributed by atoms with E-state index in [9.17, 15) is 10.2 Å². The Morgan fingerprint density at radius 1 is 0.468 bits per heavy atom. The van der Waals surface area contributed by atoms with E-state index in [0.717, 1.165) is 36.2 Å². The fourth-order valence-corrected chi connectivity index (χ4v) is 25.3. The maximum Gasteiger partial charge on any atom is 0.142 e. The Balaban J connectivity index is 1.06. The third kappa shape index (κ3) is 6.25. The number of nitrogen functional groups attached to an aromatic ring is 2. The lowest BCUT2D eigenvalue weighted by atomic mass is 9.20. The fourth-order valence-electron chi connectivity index (χ4n) is 25.3. The quantitative estimate of drug-likeness (QED) is 0.0848. The second-order valence-electron chi connectivity index (χ2n) is 30.0. The average Bonchev–Trinajstić information content (AvgIpc) is 3.91. The smallest absolute Gasteiger partial charge is 0.142 e. The number of anilines is 2. The summed E-state index contributed by atoms with van der Waals surface area (Å²) in [6.07, 6.45) is 21.1. The number of fused-ring (bicyclic) bond motifs is 3. The van der Waals surface area contributed by atoms with E-state index >= 15 is 0 Å². The van der Waals surface area contributed by atoms with E-state index in [1.807, 2.05) is 12.1 Å². The lowest BCUT2D eigenvalue weighted by Crippen LogP contribution is -2.78. The molecular formula is C71H78N2O4. The third-order valence-corrected chi connectivity index (χ3v) is 24.4. The van der Waals surface area contributed by atoms with E-state index in [4.69, 9.17) is 20.9 Å². The Bertz CT molecular complexity index is 3290. The molecule has 77 heavy (non-hydrogen) atoms. The van der Waals surface area contributed by atoms with Crippen LogP contribution in [-0.4, -0.2) is 10.2 Å². The fraction of sp³-hybridized carbons (Fsp3) is 0.493. The van der Waals surface area contributed by atoms with Gasteiger partial charge in [0.2, 0.25) is 0 Å². The number of para-hydroxylation sites is 2. The molecule has 13 aliphatic rings. The highest BCUT2D eigenvalue weighted by atomic mass is 16.5. The predicted octanol–water partition coefficient (Wildman–Crippen LogP) is 17.4. The highest BCUT2D eigenvalue weighted by Gasteiger charge is 2.84. The third-order valence-electron chi connectivity index (χ3n) is 24.4. The molecule has 19 rings (SSSR count). The summed E-state index contributed by atoms with van der Waals surface area (Å²) in [6, 6.07) is 48.3. The molecule has 12 saturated carbocycles. The van der Waals surface area contributed by atoms with Crippen molar-refractivity contribution in [1.29, 1.82) is 0 Å². The number of phenolic OH excluding ortho intramolecular Hbond substituents is 2. The number of rotatable bonds is 9. The van der Waals surface area contributed by atoms with Gasteiger partial charge in [-0.1, -0.05) is 113 Å². The first-order valence-electron chi connectivity index (χ1n) is 29.8. The maximum absolute atomic E-state index is 11.2. The van der Waals surface area contributed by atoms with Crippen molar-refractivity contribution >= 4 is 11.4 Å². The van der Waals surface area contributed by atoms with Gasteiger partial charge in [-0.25, -0.2) is 0 Å². The molecule has 0 saturated heterocycles. The van der Waals surface area contributed by atoms with E-state index in [-0.39, 0.29) is 39.6 Å². The summed E-state index contributed by atoms with van der Waals surface area (Å²) in [5.74, 6) is 5.60. The Labute approximate surface area is 456 Å². The molecule has 6 nitrogen and oxygen atoms in total. The van der Waals surface area contributed by atoms with Crippen LogP contribution in [-0.2, 0) is 5.41 Å². The molecule has 9 atom stereocenters. The zero-order valence-corrected chi connectivity index (χ0v) is 45.8. The molecule has 13 aliphatic carbocycles. The summed E-state index contributed by atoms with van der Waals surface area (Å²) >= 11 is 0. The van der Waals surface area contributed by atoms with Crippen LogP contribution in [0.4, 0.5) is 11.4 Å². The number of hydrogen-bond donors (Lipinski definition) is 4. The van der Waals surface area contributed by atoms with Gasteiger partial charge in [0.1, 0.15) is 34.5 Å². The molecule has 12 bridgehead atoms. The van der Waals surface area contributed by atoms with E-state index < -0.39 is 10.8 Å². The Hall–Kier alpha value is -5.88. The van der Waals surface area contributed by atoms with Crippen molar-refractivity contribution in [2.45, 2.75) is 142 Å². The molecule has 12 fully saturated rings. The monoisotopic (exact) mass is 1020 g/mol. The topological polar surface area (TPSA) is 111 Å². The first-order valence-corrected chi connectivity index (χ1v) is 29.8. The van der Waals surface area contributed by atoms with Gasteiger partial charge in [-0.05, 0) is 234 Å². The molecule has 0 aromatic heterocycles. The van der Waals surface area contributed by atoms with Crippen LogP contribution in [0.5, 0.6) is 34.5 Å². The molecule has 0 aliphatic heterocycles. The van der Waals surface area contributed by atoms with Crippen LogP contribution >= 0.6 is 0 Å². The molecule has 6 aromatic rings. The summed E-state index contributed by atoms with van der Waals surface area (Å²) < 4.78 is 14.9. The van der Waals surface area contributed by atoms with Crippen LogP contribution in [0.2, 0.25) is 0 Å². The number of benzene rings is 6. The standard InChI is InChI=1S/C71H78N2O4/c1-63-28-43-29-64(2,36-63)39-67(32-43,38-63)62-45-25-46-35-68(34-45,69-33-44-30-65(3,40-69)37-66(4,31-44)41-69)42-70(62,61-51-15-7-5-13-49(51)50-14-6-8-16-52(50)61)71(46,53-17-9-11-19-59(53)76-47-21-23-55(72)57(74)26-47)54-18-10-12-20-60(54)77-48-22-24-56(73)58(75)27-48/h5-24,26-27,43-46,61-62,74-75H,25,28-42,72-73H2,1-4H3. The average molecular weight is 1020 g/mol. The second kappa shape index (κ2) is 15.3. The Morgan fingerprint density at radius 2 is 0.948 bits per heavy atom. The molecule has 0 heterocycles. The molecule has 0 amide bonds. The van der Waals surface area contributed by atoms with Gasteiger partial charge in [-0.2, -0.15) is 0 Å². The normalized spacial score (nSPS) is 39.9. The van der Waals surface area contributed by atoms with Crippen molar-refractivity contribution in [2.75, 3.05) is 11.5 Å². The summed E-state index contributed by atoms with van der Waals surface area (Å²) in [5, 5.41) is 22.5. The molecule has 396 valence electrons. The molecule has 9 unspecified atom stereocenters. The number of aromatic hydroxyl groups is 2. The largest absolute Gasteiger partial charge is 0.506 e. The second-order valence-corrected chi connectivity index (χ2v) is 30.0. The van der Waals surface area contributed by atoms with Gasteiger partial charge in [0.05, 0.1) is 11.4 Å². The zero-order valence-electron chi connectivity index (χ0n) is 45.8. The highest BCUT2D eigenvalue weighted by molar-refractivity contribution is 5.80. The van der Waals surface area contributed by atoms with Crippen LogP contribution in [0.1, 0.15) is 159 Å². The van der Waals surface area contributed by atoms with E-state index in [1.54, 1.807) is 24.3 Å². The van der Waals surface area contributed by atoms with Crippen LogP contribution in [0, 0.1) is 72.9 Å². The molecule has 0 spiro atoms. The van der Waals surface area contributed by atoms with Gasteiger partial charge in [0, 0.05) is 34.6 Å². The lowest BCUT2D eigenvalue weighted by molar-refractivity contribution is -0.319. The van der Waals surface area contributed by atoms with Crippen molar-refractivity contribution in [1.82, 2.24) is 0 Å². The number of nitrogens with two attached hydrogens (primary N) is 2. The van der Waals surface area contributed by atoms with Crippen molar-refractivity contribution < 1.29 is 19.7 Å². The molecule has 6 aromatic carbocycles. The van der Waals surface area contributed by atoms with Crippen LogP contribution in [0.3, 0.4) is 0 Å². The molecule has 6 heteroatoms. The van der Waals surface area contributed by atoms with Crippen molar-refractivity contribution in [2.24, 2.45) is 72.9 Å². The minimum atomic E-state index is -0.673. The van der Waals surface area contributed by atoms with E-state index in [2.05, 4.69) is 125 Å². The van der Waals surface area contributed by atoms with Gasteiger partial charge in [0.15, 0.2) is 0 Å². The number of phenols is 2. The minimum Gasteiger partial charge on any atom is -0.506 e. The first kappa shape index (κ1) is 47.1. The van der Waals surface area contributed by atoms with Gasteiger partial charge in [0.25, 0.3) is 0 Å². The van der Waals surface area contributed by atoms with Gasteiger partial charge < -0.3 is 31.2 Å². The van der Waals surface area contributed by atoms with Crippen molar-refractivity contribution in [3.8, 4) is 45.6 Å². The van der Waals surface area contributed by atoms with Crippen molar-refractivity contribution in [3.63, 3.8) is 0 Å². The molecular weight excluding hydrogens is 945 g/mol. The SMILES string of the molecule is CC12CC3CC(C)(C1)CC(C1C4CC5CC(C67CC8CC(C)(CC(C)(C8)C6)C7)(C4)CC1(C1c4ccccc4-c4ccccc41)C5(c1ccccc1Oc1ccc(N)c(O)c1)c1ccccc1Oc1ccc(N)c(O)c1)(C3)C2. The van der Waals surface area contributed by atoms with E-state index in [0.29, 0.717) is 56.4 Å². The molecule has 0 radical (unpaired) electrons. The van der Waals surface area contributed by atoms with Gasteiger partial charge in [-0.3, -0.25) is 0 Å². The van der Waals surface area contributed by atoms with Crippen LogP contribution in [0.25, 0.3) is 11.1 Å². The Morgan fingerprint density at radius 3 is 1.45 bits per heavy atom. The summed E-state index contributed by atoms with van der Waals surface area (Å²) in [7, 11) is 0. The van der Waals surface area contributed by atoms with Gasteiger partial charge in [-0.15, -0.1) is 0 Å². The maximum atomic E-state index is 11.2. The summed E-state index contributed by atoms with van der Waals surface area (Å²) in [5.41, 5.74) is 22.3. The number of ether oxygens (including phenoxy) is 2. The van der Waals surface area contributed by atoms with E-state index in [1.165, 1.54) is 123 Å². The molecule has 6 N–H and O–H groups in total. The van der Waals surface area contributed by atoms with Crippen molar-refractivity contribution in [3.05, 3.63) is 156 Å².